The second-order valence-corrected chi connectivity index (χ2v) is 5.86. The van der Waals surface area contributed by atoms with Crippen molar-refractivity contribution in [3.05, 3.63) is 65.2 Å². The fourth-order valence-corrected chi connectivity index (χ4v) is 2.15. The highest BCUT2D eigenvalue weighted by molar-refractivity contribution is 5.95. The highest BCUT2D eigenvalue weighted by Crippen LogP contribution is 2.29. The van der Waals surface area contributed by atoms with E-state index in [2.05, 4.69) is 5.32 Å². The number of halogens is 3. The first kappa shape index (κ1) is 19.5. The second-order valence-electron chi connectivity index (χ2n) is 5.86. The predicted octanol–water partition coefficient (Wildman–Crippen LogP) is 4.13. The van der Waals surface area contributed by atoms with Crippen molar-refractivity contribution in [2.45, 2.75) is 32.5 Å². The monoisotopic (exact) mass is 365 g/mol. The Hall–Kier alpha value is -2.83. The van der Waals surface area contributed by atoms with Crippen LogP contribution in [0.2, 0.25) is 0 Å². The molecule has 0 aliphatic rings. The minimum absolute atomic E-state index is 0.0260. The van der Waals surface area contributed by atoms with Crippen LogP contribution in [-0.4, -0.2) is 18.0 Å². The Morgan fingerprint density at radius 1 is 1.04 bits per heavy atom. The van der Waals surface area contributed by atoms with E-state index in [0.717, 1.165) is 35.4 Å². The lowest BCUT2D eigenvalue weighted by molar-refractivity contribution is -0.152. The third kappa shape index (κ3) is 5.61. The Morgan fingerprint density at radius 2 is 1.62 bits per heavy atom. The molecule has 7 heteroatoms. The Morgan fingerprint density at radius 3 is 2.15 bits per heavy atom. The molecule has 2 aromatic rings. The summed E-state index contributed by atoms with van der Waals surface area (Å²) in [5, 5.41) is 2.41. The first-order valence-electron chi connectivity index (χ1n) is 7.88. The van der Waals surface area contributed by atoms with Crippen LogP contribution in [0.5, 0.6) is 0 Å². The molecule has 0 heterocycles. The van der Waals surface area contributed by atoms with E-state index in [0.29, 0.717) is 0 Å². The maximum atomic E-state index is 12.5. The van der Waals surface area contributed by atoms with E-state index in [-0.39, 0.29) is 12.1 Å². The van der Waals surface area contributed by atoms with E-state index >= 15 is 0 Å². The van der Waals surface area contributed by atoms with Crippen molar-refractivity contribution in [1.82, 2.24) is 0 Å². The van der Waals surface area contributed by atoms with Gasteiger partial charge in [-0.2, -0.15) is 13.2 Å². The molecule has 0 saturated carbocycles. The predicted molar refractivity (Wildman–Crippen MR) is 90.5 cm³/mol. The Labute approximate surface area is 149 Å². The quantitative estimate of drug-likeness (QED) is 0.811. The van der Waals surface area contributed by atoms with Crippen molar-refractivity contribution >= 4 is 17.6 Å². The number of benzene rings is 2. The largest absolute Gasteiger partial charge is 0.452 e. The maximum Gasteiger partial charge on any atom is 0.416 e. The molecule has 26 heavy (non-hydrogen) atoms. The highest BCUT2D eigenvalue weighted by Gasteiger charge is 2.30. The molecule has 0 bridgehead atoms. The molecule has 0 spiro atoms. The van der Waals surface area contributed by atoms with Crippen LogP contribution in [0.3, 0.4) is 0 Å². The molecule has 0 fully saturated rings. The van der Waals surface area contributed by atoms with E-state index in [1.54, 1.807) is 12.1 Å². The standard InChI is InChI=1S/C19H18F3NO3/c1-12-3-5-14(6-4-12)11-17(24)26-13(2)18(25)23-16-9-7-15(8-10-16)19(20,21)22/h3-10,13H,11H2,1-2H3,(H,23,25)/t13-/m0/s1. The van der Waals surface area contributed by atoms with Gasteiger partial charge in [-0.15, -0.1) is 0 Å². The number of amides is 1. The molecular weight excluding hydrogens is 347 g/mol. The number of carbonyl (C=O) groups is 2. The molecule has 2 aromatic carbocycles. The molecule has 1 atom stereocenters. The van der Waals surface area contributed by atoms with Gasteiger partial charge in [-0.3, -0.25) is 9.59 Å². The SMILES string of the molecule is Cc1ccc(CC(=O)O[C@@H](C)C(=O)Nc2ccc(C(F)(F)F)cc2)cc1. The number of carbonyl (C=O) groups excluding carboxylic acids is 2. The average molecular weight is 365 g/mol. The van der Waals surface area contributed by atoms with Gasteiger partial charge >= 0.3 is 12.1 Å². The molecular formula is C19H18F3NO3. The number of ether oxygens (including phenoxy) is 1. The fraction of sp³-hybridized carbons (Fsp3) is 0.263. The molecule has 1 amide bonds. The van der Waals surface area contributed by atoms with Crippen LogP contribution in [-0.2, 0) is 26.9 Å². The summed E-state index contributed by atoms with van der Waals surface area (Å²) >= 11 is 0. The van der Waals surface area contributed by atoms with Crippen molar-refractivity contribution in [2.24, 2.45) is 0 Å². The van der Waals surface area contributed by atoms with Gasteiger partial charge in [0.15, 0.2) is 6.10 Å². The van der Waals surface area contributed by atoms with Crippen molar-refractivity contribution in [2.75, 3.05) is 5.32 Å². The zero-order valence-electron chi connectivity index (χ0n) is 14.3. The smallest absolute Gasteiger partial charge is 0.416 e. The Balaban J connectivity index is 1.88. The summed E-state index contributed by atoms with van der Waals surface area (Å²) in [4.78, 5) is 23.9. The lowest BCUT2D eigenvalue weighted by Crippen LogP contribution is -2.30. The zero-order chi connectivity index (χ0) is 19.3. The van der Waals surface area contributed by atoms with Crippen molar-refractivity contribution in [1.29, 1.82) is 0 Å². The number of nitrogens with one attached hydrogen (secondary N) is 1. The number of esters is 1. The van der Waals surface area contributed by atoms with Gasteiger partial charge in [0, 0.05) is 5.69 Å². The summed E-state index contributed by atoms with van der Waals surface area (Å²) < 4.78 is 42.6. The molecule has 0 aliphatic heterocycles. The Kier molecular flexibility index (Phi) is 6.02. The van der Waals surface area contributed by atoms with Crippen LogP contribution >= 0.6 is 0 Å². The van der Waals surface area contributed by atoms with Crippen molar-refractivity contribution < 1.29 is 27.5 Å². The first-order chi connectivity index (χ1) is 12.1. The molecule has 0 unspecified atom stereocenters. The van der Waals surface area contributed by atoms with Gasteiger partial charge in [0.05, 0.1) is 12.0 Å². The lowest BCUT2D eigenvalue weighted by Gasteiger charge is -2.14. The van der Waals surface area contributed by atoms with Crippen LogP contribution in [0.15, 0.2) is 48.5 Å². The van der Waals surface area contributed by atoms with E-state index in [1.165, 1.54) is 6.92 Å². The number of anilines is 1. The first-order valence-corrected chi connectivity index (χ1v) is 7.88. The third-order valence-electron chi connectivity index (χ3n) is 3.63. The van der Waals surface area contributed by atoms with Gasteiger partial charge in [0.2, 0.25) is 0 Å². The number of hydrogen-bond acceptors (Lipinski definition) is 3. The molecule has 4 nitrogen and oxygen atoms in total. The molecule has 138 valence electrons. The summed E-state index contributed by atoms with van der Waals surface area (Å²) in [6.45, 7) is 3.32. The van der Waals surface area contributed by atoms with E-state index in [4.69, 9.17) is 4.74 Å². The van der Waals surface area contributed by atoms with Crippen LogP contribution < -0.4 is 5.32 Å². The molecule has 0 saturated heterocycles. The molecule has 2 rings (SSSR count). The summed E-state index contributed by atoms with van der Waals surface area (Å²) in [7, 11) is 0. The normalized spacial score (nSPS) is 12.3. The summed E-state index contributed by atoms with van der Waals surface area (Å²) in [6, 6.07) is 11.3. The van der Waals surface area contributed by atoms with Crippen LogP contribution in [0.25, 0.3) is 0 Å². The van der Waals surface area contributed by atoms with E-state index < -0.39 is 29.7 Å². The van der Waals surface area contributed by atoms with Gasteiger partial charge in [-0.1, -0.05) is 29.8 Å². The van der Waals surface area contributed by atoms with Gasteiger partial charge in [-0.25, -0.2) is 0 Å². The lowest BCUT2D eigenvalue weighted by atomic mass is 10.1. The fourth-order valence-electron chi connectivity index (χ4n) is 2.15. The van der Waals surface area contributed by atoms with E-state index in [9.17, 15) is 22.8 Å². The molecule has 0 aromatic heterocycles. The molecule has 1 N–H and O–H groups in total. The van der Waals surface area contributed by atoms with Crippen molar-refractivity contribution in [3.8, 4) is 0 Å². The maximum absolute atomic E-state index is 12.5. The Bertz CT molecular complexity index is 768. The van der Waals surface area contributed by atoms with Crippen LogP contribution in [0, 0.1) is 6.92 Å². The van der Waals surface area contributed by atoms with Gasteiger partial charge in [-0.05, 0) is 43.7 Å². The average Bonchev–Trinajstić information content (AvgIpc) is 2.56. The summed E-state index contributed by atoms with van der Waals surface area (Å²) in [6.07, 6.45) is -5.49. The second kappa shape index (κ2) is 8.03. The van der Waals surface area contributed by atoms with Gasteiger partial charge in [0.25, 0.3) is 5.91 Å². The van der Waals surface area contributed by atoms with E-state index in [1.807, 2.05) is 19.1 Å². The number of alkyl halides is 3. The van der Waals surface area contributed by atoms with Gasteiger partial charge in [0.1, 0.15) is 0 Å². The minimum atomic E-state index is -4.44. The number of hydrogen-bond donors (Lipinski definition) is 1. The topological polar surface area (TPSA) is 55.4 Å². The highest BCUT2D eigenvalue weighted by atomic mass is 19.4. The number of aryl methyl sites for hydroxylation is 1. The summed E-state index contributed by atoms with van der Waals surface area (Å²) in [5.74, 6) is -1.19. The van der Waals surface area contributed by atoms with Crippen LogP contribution in [0.1, 0.15) is 23.6 Å². The number of rotatable bonds is 5. The van der Waals surface area contributed by atoms with Crippen molar-refractivity contribution in [3.63, 3.8) is 0 Å². The molecule has 0 aliphatic carbocycles. The molecule has 0 radical (unpaired) electrons. The minimum Gasteiger partial charge on any atom is -0.452 e. The third-order valence-corrected chi connectivity index (χ3v) is 3.63. The van der Waals surface area contributed by atoms with Crippen LogP contribution in [0.4, 0.5) is 18.9 Å². The zero-order valence-corrected chi connectivity index (χ0v) is 14.3. The van der Waals surface area contributed by atoms with Gasteiger partial charge < -0.3 is 10.1 Å². The summed E-state index contributed by atoms with van der Waals surface area (Å²) in [5.41, 5.74) is 1.19.